The molecule has 0 atom stereocenters. The van der Waals surface area contributed by atoms with E-state index in [4.69, 9.17) is 9.47 Å². The number of nitrogens with one attached hydrogen (secondary N) is 1. The van der Waals surface area contributed by atoms with Crippen molar-refractivity contribution >= 4 is 32.3 Å². The fraction of sp³-hybridized carbons (Fsp3) is 0.125. The second-order valence-electron chi connectivity index (χ2n) is 7.64. The van der Waals surface area contributed by atoms with Gasteiger partial charge in [0, 0.05) is 28.9 Å². The summed E-state index contributed by atoms with van der Waals surface area (Å²) in [6.45, 7) is 0.0539. The lowest BCUT2D eigenvalue weighted by atomic mass is 10.2. The molecule has 0 bridgehead atoms. The van der Waals surface area contributed by atoms with Gasteiger partial charge in [0.15, 0.2) is 21.3 Å². The Labute approximate surface area is 189 Å². The van der Waals surface area contributed by atoms with Gasteiger partial charge in [-0.15, -0.1) is 0 Å². The van der Waals surface area contributed by atoms with Crippen molar-refractivity contribution in [2.75, 3.05) is 12.1 Å². The smallest absolute Gasteiger partial charge is 0.244 e. The van der Waals surface area contributed by atoms with Crippen molar-refractivity contribution in [3.63, 3.8) is 0 Å². The Hall–Kier alpha value is -3.85. The van der Waals surface area contributed by atoms with Crippen molar-refractivity contribution in [3.05, 3.63) is 84.3 Å². The molecule has 1 N–H and O–H groups in total. The Balaban J connectivity index is 1.41. The standard InChI is InChI=1S/C24H19FN2O5S/c25-17-7-5-16(6-8-17)14-33(29,30)23-12-27(20-4-2-1-3-19(20)23)13-24(28)26-18-9-10-21-22(11-18)32-15-31-21/h1-12H,13-15H2,(H,26,28). The van der Waals surface area contributed by atoms with E-state index in [1.165, 1.54) is 30.5 Å². The van der Waals surface area contributed by atoms with E-state index >= 15 is 0 Å². The van der Waals surface area contributed by atoms with E-state index in [0.717, 1.165) is 0 Å². The van der Waals surface area contributed by atoms with Crippen molar-refractivity contribution < 1.29 is 27.1 Å². The number of halogens is 1. The van der Waals surface area contributed by atoms with Gasteiger partial charge in [-0.05, 0) is 35.9 Å². The molecule has 168 valence electrons. The monoisotopic (exact) mass is 466 g/mol. The summed E-state index contributed by atoms with van der Waals surface area (Å²) in [6, 6.07) is 17.5. The van der Waals surface area contributed by atoms with Gasteiger partial charge in [-0.3, -0.25) is 4.79 Å². The van der Waals surface area contributed by atoms with E-state index in [-0.39, 0.29) is 29.9 Å². The molecule has 7 nitrogen and oxygen atoms in total. The summed E-state index contributed by atoms with van der Waals surface area (Å²) in [5.41, 5.74) is 1.65. The third-order valence-corrected chi connectivity index (χ3v) is 7.04. The molecule has 3 aromatic carbocycles. The first kappa shape index (κ1) is 21.0. The summed E-state index contributed by atoms with van der Waals surface area (Å²) in [7, 11) is -3.74. The number of nitrogens with zero attached hydrogens (tertiary/aromatic N) is 1. The number of rotatable bonds is 6. The molecule has 0 fully saturated rings. The van der Waals surface area contributed by atoms with Gasteiger partial charge < -0.3 is 19.4 Å². The Morgan fingerprint density at radius 3 is 2.58 bits per heavy atom. The molecule has 2 heterocycles. The summed E-state index contributed by atoms with van der Waals surface area (Å²) < 4.78 is 51.7. The van der Waals surface area contributed by atoms with Gasteiger partial charge in [-0.2, -0.15) is 0 Å². The van der Waals surface area contributed by atoms with Crippen LogP contribution in [-0.4, -0.2) is 25.7 Å². The first-order chi connectivity index (χ1) is 15.9. The third-order valence-electron chi connectivity index (χ3n) is 5.33. The van der Waals surface area contributed by atoms with Crippen LogP contribution in [0.3, 0.4) is 0 Å². The van der Waals surface area contributed by atoms with Gasteiger partial charge in [-0.25, -0.2) is 12.8 Å². The summed E-state index contributed by atoms with van der Waals surface area (Å²) in [5, 5.41) is 3.32. The van der Waals surface area contributed by atoms with Gasteiger partial charge in [-0.1, -0.05) is 30.3 Å². The van der Waals surface area contributed by atoms with Crippen LogP contribution in [0.4, 0.5) is 10.1 Å². The van der Waals surface area contributed by atoms with Crippen LogP contribution in [0.1, 0.15) is 5.56 Å². The van der Waals surface area contributed by atoms with E-state index in [1.54, 1.807) is 47.0 Å². The van der Waals surface area contributed by atoms with E-state index in [2.05, 4.69) is 5.32 Å². The topological polar surface area (TPSA) is 86.6 Å². The Morgan fingerprint density at radius 2 is 1.76 bits per heavy atom. The van der Waals surface area contributed by atoms with E-state index in [0.29, 0.717) is 33.7 Å². The average Bonchev–Trinajstić information content (AvgIpc) is 3.40. The van der Waals surface area contributed by atoms with Gasteiger partial charge in [0.05, 0.1) is 10.6 Å². The summed E-state index contributed by atoms with van der Waals surface area (Å²) in [5.74, 6) is 0.136. The molecule has 0 radical (unpaired) electrons. The van der Waals surface area contributed by atoms with E-state index in [1.807, 2.05) is 0 Å². The minimum absolute atomic E-state index is 0.0823. The molecule has 33 heavy (non-hydrogen) atoms. The predicted molar refractivity (Wildman–Crippen MR) is 120 cm³/mol. The molecule has 5 rings (SSSR count). The maximum atomic E-state index is 13.2. The van der Waals surface area contributed by atoms with Gasteiger partial charge >= 0.3 is 0 Å². The van der Waals surface area contributed by atoms with Crippen molar-refractivity contribution in [2.45, 2.75) is 17.2 Å². The zero-order valence-corrected chi connectivity index (χ0v) is 18.1. The van der Waals surface area contributed by atoms with Crippen molar-refractivity contribution in [2.24, 2.45) is 0 Å². The Bertz CT molecular complexity index is 1460. The molecule has 1 amide bonds. The zero-order valence-electron chi connectivity index (χ0n) is 17.3. The van der Waals surface area contributed by atoms with Crippen LogP contribution >= 0.6 is 0 Å². The number of carbonyl (C=O) groups is 1. The van der Waals surface area contributed by atoms with Gasteiger partial charge in [0.2, 0.25) is 12.7 Å². The predicted octanol–water partition coefficient (Wildman–Crippen LogP) is 4.12. The normalized spacial score (nSPS) is 12.8. The third kappa shape index (κ3) is 4.27. The number of fused-ring (bicyclic) bond motifs is 2. The molecule has 0 unspecified atom stereocenters. The lowest BCUT2D eigenvalue weighted by Gasteiger charge is -2.08. The number of benzene rings is 3. The first-order valence-corrected chi connectivity index (χ1v) is 11.8. The second-order valence-corrected chi connectivity index (χ2v) is 9.60. The lowest BCUT2D eigenvalue weighted by Crippen LogP contribution is -2.18. The number of hydrogen-bond acceptors (Lipinski definition) is 5. The molecule has 0 spiro atoms. The second kappa shape index (κ2) is 8.25. The minimum Gasteiger partial charge on any atom is -0.454 e. The number of hydrogen-bond donors (Lipinski definition) is 1. The highest BCUT2D eigenvalue weighted by atomic mass is 32.2. The molecule has 1 aliphatic rings. The molecule has 0 saturated carbocycles. The van der Waals surface area contributed by atoms with Gasteiger partial charge in [0.25, 0.3) is 0 Å². The summed E-state index contributed by atoms with van der Waals surface area (Å²) in [4.78, 5) is 12.8. The van der Waals surface area contributed by atoms with Crippen molar-refractivity contribution in [1.29, 1.82) is 0 Å². The van der Waals surface area contributed by atoms with Crippen LogP contribution in [0, 0.1) is 5.82 Å². The SMILES string of the molecule is O=C(Cn1cc(S(=O)(=O)Cc2ccc(F)cc2)c2ccccc21)Nc1ccc2c(c1)OCO2. The molecule has 1 aliphatic heterocycles. The zero-order chi connectivity index (χ0) is 23.0. The Kier molecular flexibility index (Phi) is 5.26. The molecule has 0 aliphatic carbocycles. The fourth-order valence-electron chi connectivity index (χ4n) is 3.80. The first-order valence-electron chi connectivity index (χ1n) is 10.1. The highest BCUT2D eigenvalue weighted by Crippen LogP contribution is 2.34. The van der Waals surface area contributed by atoms with Crippen LogP contribution in [0.2, 0.25) is 0 Å². The number of anilines is 1. The largest absolute Gasteiger partial charge is 0.454 e. The van der Waals surface area contributed by atoms with Crippen LogP contribution in [0.15, 0.2) is 77.8 Å². The number of sulfone groups is 1. The quantitative estimate of drug-likeness (QED) is 0.462. The van der Waals surface area contributed by atoms with Crippen molar-refractivity contribution in [3.8, 4) is 11.5 Å². The highest BCUT2D eigenvalue weighted by Gasteiger charge is 2.23. The van der Waals surface area contributed by atoms with Crippen LogP contribution in [0.5, 0.6) is 11.5 Å². The molecule has 4 aromatic rings. The lowest BCUT2D eigenvalue weighted by molar-refractivity contribution is -0.116. The van der Waals surface area contributed by atoms with Crippen LogP contribution in [0.25, 0.3) is 10.9 Å². The van der Waals surface area contributed by atoms with Crippen molar-refractivity contribution in [1.82, 2.24) is 4.57 Å². The highest BCUT2D eigenvalue weighted by molar-refractivity contribution is 7.90. The van der Waals surface area contributed by atoms with E-state index < -0.39 is 15.7 Å². The number of carbonyl (C=O) groups excluding carboxylic acids is 1. The fourth-order valence-corrected chi connectivity index (χ4v) is 5.38. The molecule has 0 saturated heterocycles. The van der Waals surface area contributed by atoms with Gasteiger partial charge in [0.1, 0.15) is 12.4 Å². The maximum absolute atomic E-state index is 13.2. The van der Waals surface area contributed by atoms with Crippen LogP contribution in [-0.2, 0) is 26.9 Å². The van der Waals surface area contributed by atoms with E-state index in [9.17, 15) is 17.6 Å². The minimum atomic E-state index is -3.74. The average molecular weight is 466 g/mol. The van der Waals surface area contributed by atoms with Crippen LogP contribution < -0.4 is 14.8 Å². The number of para-hydroxylation sites is 1. The Morgan fingerprint density at radius 1 is 1.00 bits per heavy atom. The summed E-state index contributed by atoms with van der Waals surface area (Å²) >= 11 is 0. The number of aromatic nitrogens is 1. The number of amides is 1. The molecular weight excluding hydrogens is 447 g/mol. The maximum Gasteiger partial charge on any atom is 0.244 e. The summed E-state index contributed by atoms with van der Waals surface area (Å²) in [6.07, 6.45) is 1.47. The number of ether oxygens (including phenoxy) is 2. The molecular formula is C24H19FN2O5S. The molecule has 9 heteroatoms. The molecule has 1 aromatic heterocycles.